The van der Waals surface area contributed by atoms with Crippen LogP contribution in [0.2, 0.25) is 10.0 Å². The first kappa shape index (κ1) is 22.7. The molecular weight excluding hydrogens is 465 g/mol. The van der Waals surface area contributed by atoms with Crippen molar-refractivity contribution in [2.75, 3.05) is 17.8 Å². The summed E-state index contributed by atoms with van der Waals surface area (Å²) in [6, 6.07) is 13.1. The van der Waals surface area contributed by atoms with Crippen LogP contribution in [0.4, 0.5) is 5.69 Å². The Kier molecular flexibility index (Phi) is 7.21. The van der Waals surface area contributed by atoms with Crippen molar-refractivity contribution < 1.29 is 22.4 Å². The van der Waals surface area contributed by atoms with E-state index in [0.717, 1.165) is 0 Å². The van der Waals surface area contributed by atoms with Gasteiger partial charge in [0.2, 0.25) is 0 Å². The van der Waals surface area contributed by atoms with Gasteiger partial charge in [-0.2, -0.15) is 0 Å². The van der Waals surface area contributed by atoms with Gasteiger partial charge in [0.15, 0.2) is 5.76 Å². The van der Waals surface area contributed by atoms with Crippen molar-refractivity contribution in [2.24, 2.45) is 0 Å². The fraction of sp³-hybridized carbons (Fsp3) is 0.100. The van der Waals surface area contributed by atoms with Crippen LogP contribution in [0.25, 0.3) is 0 Å². The van der Waals surface area contributed by atoms with Crippen LogP contribution in [0.15, 0.2) is 70.2 Å². The zero-order valence-electron chi connectivity index (χ0n) is 15.9. The van der Waals surface area contributed by atoms with Crippen molar-refractivity contribution in [2.45, 2.75) is 4.90 Å². The number of halogens is 2. The number of carbonyl (C=O) groups is 2. The largest absolute Gasteiger partial charge is 0.459 e. The van der Waals surface area contributed by atoms with E-state index in [2.05, 4.69) is 15.4 Å². The summed E-state index contributed by atoms with van der Waals surface area (Å²) in [6.07, 6.45) is 1.38. The summed E-state index contributed by atoms with van der Waals surface area (Å²) in [5.74, 6) is -0.772. The number of hydrogen-bond acceptors (Lipinski definition) is 5. The molecule has 8 nitrogen and oxygen atoms in total. The Morgan fingerprint density at radius 3 is 2.23 bits per heavy atom. The van der Waals surface area contributed by atoms with E-state index in [4.69, 9.17) is 27.6 Å². The molecule has 0 spiro atoms. The molecule has 11 heteroatoms. The summed E-state index contributed by atoms with van der Waals surface area (Å²) in [5, 5.41) is 5.60. The van der Waals surface area contributed by atoms with E-state index in [-0.39, 0.29) is 34.3 Å². The SMILES string of the molecule is O=C(NCCNC(=O)c1ccco1)c1ccc(Cl)c(S(=O)(=O)Nc2ccc(Cl)cc2)c1. The minimum atomic E-state index is -4.05. The van der Waals surface area contributed by atoms with Crippen molar-refractivity contribution in [1.29, 1.82) is 0 Å². The van der Waals surface area contributed by atoms with Crippen LogP contribution in [0.3, 0.4) is 0 Å². The average Bonchev–Trinajstić information content (AvgIpc) is 3.27. The summed E-state index contributed by atoms with van der Waals surface area (Å²) in [7, 11) is -4.05. The number of amides is 2. The monoisotopic (exact) mass is 481 g/mol. The fourth-order valence-corrected chi connectivity index (χ4v) is 4.24. The van der Waals surface area contributed by atoms with Gasteiger partial charge in [0.05, 0.1) is 11.3 Å². The second-order valence-corrected chi connectivity index (χ2v) is 8.74. The van der Waals surface area contributed by atoms with Crippen LogP contribution < -0.4 is 15.4 Å². The van der Waals surface area contributed by atoms with Crippen molar-refractivity contribution in [3.05, 3.63) is 82.2 Å². The molecule has 0 aliphatic carbocycles. The Morgan fingerprint density at radius 2 is 1.58 bits per heavy atom. The highest BCUT2D eigenvalue weighted by molar-refractivity contribution is 7.92. The van der Waals surface area contributed by atoms with E-state index in [1.165, 1.54) is 54.8 Å². The van der Waals surface area contributed by atoms with Gasteiger partial charge in [0.1, 0.15) is 4.90 Å². The summed E-state index contributed by atoms with van der Waals surface area (Å²) in [4.78, 5) is 23.9. The molecule has 1 aromatic heterocycles. The molecule has 0 saturated heterocycles. The average molecular weight is 482 g/mol. The van der Waals surface area contributed by atoms with Gasteiger partial charge in [0, 0.05) is 29.4 Å². The Balaban J connectivity index is 1.63. The lowest BCUT2D eigenvalue weighted by atomic mass is 10.2. The highest BCUT2D eigenvalue weighted by Gasteiger charge is 2.20. The zero-order valence-corrected chi connectivity index (χ0v) is 18.2. The number of furan rings is 1. The number of benzene rings is 2. The maximum absolute atomic E-state index is 12.7. The van der Waals surface area contributed by atoms with Crippen LogP contribution in [0.5, 0.6) is 0 Å². The zero-order chi connectivity index (χ0) is 22.4. The van der Waals surface area contributed by atoms with E-state index >= 15 is 0 Å². The maximum atomic E-state index is 12.7. The first-order valence-electron chi connectivity index (χ1n) is 8.94. The molecular formula is C20H17Cl2N3O5S. The molecule has 1 heterocycles. The Morgan fingerprint density at radius 1 is 0.903 bits per heavy atom. The second-order valence-electron chi connectivity index (χ2n) is 6.25. The third-order valence-electron chi connectivity index (χ3n) is 4.02. The number of hydrogen-bond donors (Lipinski definition) is 3. The quantitative estimate of drug-likeness (QED) is 0.425. The molecule has 0 aliphatic heterocycles. The van der Waals surface area contributed by atoms with Gasteiger partial charge in [-0.25, -0.2) is 8.42 Å². The topological polar surface area (TPSA) is 118 Å². The van der Waals surface area contributed by atoms with Gasteiger partial charge >= 0.3 is 0 Å². The second kappa shape index (κ2) is 9.86. The minimum Gasteiger partial charge on any atom is -0.459 e. The highest BCUT2D eigenvalue weighted by Crippen LogP contribution is 2.25. The lowest BCUT2D eigenvalue weighted by Gasteiger charge is -2.12. The molecule has 0 saturated carbocycles. The molecule has 31 heavy (non-hydrogen) atoms. The van der Waals surface area contributed by atoms with Crippen LogP contribution in [-0.2, 0) is 10.0 Å². The third kappa shape index (κ3) is 6.00. The Hall–Kier alpha value is -3.01. The van der Waals surface area contributed by atoms with Gasteiger partial charge in [0.25, 0.3) is 21.8 Å². The third-order valence-corrected chi connectivity index (χ3v) is 6.14. The van der Waals surface area contributed by atoms with Crippen molar-refractivity contribution in [1.82, 2.24) is 10.6 Å². The molecule has 3 rings (SSSR count). The molecule has 2 amide bonds. The fourth-order valence-electron chi connectivity index (χ4n) is 2.53. The molecule has 0 unspecified atom stereocenters. The van der Waals surface area contributed by atoms with Gasteiger partial charge in [-0.3, -0.25) is 14.3 Å². The van der Waals surface area contributed by atoms with Crippen molar-refractivity contribution in [3.8, 4) is 0 Å². The lowest BCUT2D eigenvalue weighted by molar-refractivity contribution is 0.0910. The van der Waals surface area contributed by atoms with Crippen LogP contribution in [-0.4, -0.2) is 33.3 Å². The number of nitrogens with one attached hydrogen (secondary N) is 3. The number of rotatable bonds is 8. The smallest absolute Gasteiger partial charge is 0.287 e. The molecule has 3 aromatic rings. The summed E-state index contributed by atoms with van der Waals surface area (Å²) < 4.78 is 32.8. The normalized spacial score (nSPS) is 11.0. The van der Waals surface area contributed by atoms with E-state index in [1.54, 1.807) is 6.07 Å². The summed E-state index contributed by atoms with van der Waals surface area (Å²) in [5.41, 5.74) is 0.390. The van der Waals surface area contributed by atoms with E-state index in [1.807, 2.05) is 0 Å². The highest BCUT2D eigenvalue weighted by atomic mass is 35.5. The predicted octanol–water partition coefficient (Wildman–Crippen LogP) is 3.55. The van der Waals surface area contributed by atoms with Gasteiger partial charge in [-0.1, -0.05) is 23.2 Å². The Bertz CT molecular complexity index is 1180. The standard InChI is InChI=1S/C20H17Cl2N3O5S/c21-14-4-6-15(7-5-14)25-31(28,29)18-12-13(3-8-16(18)22)19(26)23-9-10-24-20(27)17-2-1-11-30-17/h1-8,11-12,25H,9-10H2,(H,23,26)(H,24,27). The van der Waals surface area contributed by atoms with E-state index in [9.17, 15) is 18.0 Å². The van der Waals surface area contributed by atoms with Crippen molar-refractivity contribution in [3.63, 3.8) is 0 Å². The first-order valence-corrected chi connectivity index (χ1v) is 11.2. The molecule has 0 radical (unpaired) electrons. The van der Waals surface area contributed by atoms with E-state index < -0.39 is 21.8 Å². The predicted molar refractivity (Wildman–Crippen MR) is 117 cm³/mol. The molecule has 0 atom stereocenters. The molecule has 0 fully saturated rings. The van der Waals surface area contributed by atoms with Gasteiger partial charge in [-0.05, 0) is 54.6 Å². The Labute approximate surface area is 188 Å². The van der Waals surface area contributed by atoms with Crippen LogP contribution in [0.1, 0.15) is 20.9 Å². The molecule has 0 bridgehead atoms. The van der Waals surface area contributed by atoms with E-state index in [0.29, 0.717) is 10.7 Å². The molecule has 3 N–H and O–H groups in total. The first-order chi connectivity index (χ1) is 14.8. The lowest BCUT2D eigenvalue weighted by Crippen LogP contribution is -2.34. The molecule has 2 aromatic carbocycles. The maximum Gasteiger partial charge on any atom is 0.287 e. The van der Waals surface area contributed by atoms with Crippen LogP contribution >= 0.6 is 23.2 Å². The van der Waals surface area contributed by atoms with Crippen molar-refractivity contribution >= 4 is 50.7 Å². The van der Waals surface area contributed by atoms with Gasteiger partial charge < -0.3 is 15.1 Å². The molecule has 0 aliphatic rings. The number of sulfonamides is 1. The summed E-state index contributed by atoms with van der Waals surface area (Å²) in [6.45, 7) is 0.279. The molecule has 162 valence electrons. The summed E-state index contributed by atoms with van der Waals surface area (Å²) >= 11 is 11.9. The number of anilines is 1. The van der Waals surface area contributed by atoms with Gasteiger partial charge in [-0.15, -0.1) is 0 Å². The van der Waals surface area contributed by atoms with Crippen LogP contribution in [0, 0.1) is 0 Å². The minimum absolute atomic E-state index is 0.0382. The number of carbonyl (C=O) groups excluding carboxylic acids is 2.